The van der Waals surface area contributed by atoms with Gasteiger partial charge in [-0.2, -0.15) is 13.2 Å². The van der Waals surface area contributed by atoms with Gasteiger partial charge >= 0.3 is 12.1 Å². The van der Waals surface area contributed by atoms with Gasteiger partial charge in [-0.15, -0.1) is 0 Å². The summed E-state index contributed by atoms with van der Waals surface area (Å²) in [7, 11) is 0. The van der Waals surface area contributed by atoms with Crippen LogP contribution in [0.5, 0.6) is 0 Å². The van der Waals surface area contributed by atoms with Crippen LogP contribution in [0.3, 0.4) is 0 Å². The zero-order chi connectivity index (χ0) is 30.1. The topological polar surface area (TPSA) is 85.4 Å². The maximum Gasteiger partial charge on any atom is 0.416 e. The summed E-state index contributed by atoms with van der Waals surface area (Å²) < 4.78 is 56.1. The summed E-state index contributed by atoms with van der Waals surface area (Å²) in [6.45, 7) is 5.62. The number of piperidine rings is 1. The Hall–Kier alpha value is -3.70. The van der Waals surface area contributed by atoms with E-state index in [0.717, 1.165) is 12.1 Å². The first-order valence-corrected chi connectivity index (χ1v) is 14.0. The SMILES string of the molecule is CCOC(=O)C1=C(C)N(Cc2cccc(C(=O)N3CCC4(CC3)OCCO4)c2)C(=O)CC1c1ccc(C(F)(F)F)cc1. The Morgan fingerprint density at radius 2 is 1.71 bits per heavy atom. The van der Waals surface area contributed by atoms with Crippen molar-refractivity contribution in [1.29, 1.82) is 0 Å². The molecule has 3 aliphatic rings. The lowest BCUT2D eigenvalue weighted by atomic mass is 9.83. The Bertz CT molecular complexity index is 1370. The smallest absolute Gasteiger partial charge is 0.416 e. The second kappa shape index (κ2) is 11.9. The molecular formula is C31H33F3N2O6. The Kier molecular flexibility index (Phi) is 8.43. The Balaban J connectivity index is 1.36. The molecule has 0 aliphatic carbocycles. The molecule has 42 heavy (non-hydrogen) atoms. The van der Waals surface area contributed by atoms with Crippen LogP contribution in [0, 0.1) is 0 Å². The zero-order valence-corrected chi connectivity index (χ0v) is 23.5. The van der Waals surface area contributed by atoms with E-state index in [1.165, 1.54) is 17.0 Å². The summed E-state index contributed by atoms with van der Waals surface area (Å²) >= 11 is 0. The molecule has 0 bridgehead atoms. The van der Waals surface area contributed by atoms with Crippen molar-refractivity contribution in [3.05, 3.63) is 82.1 Å². The number of alkyl halides is 3. The van der Waals surface area contributed by atoms with E-state index >= 15 is 0 Å². The van der Waals surface area contributed by atoms with Gasteiger partial charge in [-0.3, -0.25) is 9.59 Å². The number of hydrogen-bond acceptors (Lipinski definition) is 6. The average Bonchev–Trinajstić information content (AvgIpc) is 3.42. The lowest BCUT2D eigenvalue weighted by molar-refractivity contribution is -0.181. The monoisotopic (exact) mass is 586 g/mol. The predicted octanol–water partition coefficient (Wildman–Crippen LogP) is 5.04. The van der Waals surface area contributed by atoms with Crippen LogP contribution < -0.4 is 0 Å². The second-order valence-electron chi connectivity index (χ2n) is 10.7. The van der Waals surface area contributed by atoms with Gasteiger partial charge in [0.05, 0.1) is 37.5 Å². The molecule has 8 nitrogen and oxygen atoms in total. The van der Waals surface area contributed by atoms with Crippen molar-refractivity contribution >= 4 is 17.8 Å². The van der Waals surface area contributed by atoms with Crippen molar-refractivity contribution in [3.8, 4) is 0 Å². The zero-order valence-electron chi connectivity index (χ0n) is 23.5. The Morgan fingerprint density at radius 3 is 2.33 bits per heavy atom. The van der Waals surface area contributed by atoms with Gasteiger partial charge in [0.15, 0.2) is 5.79 Å². The minimum Gasteiger partial charge on any atom is -0.463 e. The first-order valence-electron chi connectivity index (χ1n) is 14.0. The molecule has 0 N–H and O–H groups in total. The van der Waals surface area contributed by atoms with E-state index in [4.69, 9.17) is 14.2 Å². The van der Waals surface area contributed by atoms with Crippen molar-refractivity contribution in [3.63, 3.8) is 0 Å². The highest BCUT2D eigenvalue weighted by atomic mass is 19.4. The minimum absolute atomic E-state index is 0.101. The highest BCUT2D eigenvalue weighted by molar-refractivity contribution is 5.96. The van der Waals surface area contributed by atoms with E-state index in [-0.39, 0.29) is 37.0 Å². The molecule has 3 heterocycles. The standard InChI is InChI=1S/C31H33F3N2O6/c1-3-40-29(39)27-20(2)36(26(37)18-25(27)22-7-9-24(10-8-22)31(32,33)34)19-21-5-4-6-23(17-21)28(38)35-13-11-30(12-14-35)41-15-16-42-30/h4-10,17,25H,3,11-16,18-19H2,1-2H3. The number of benzene rings is 2. The van der Waals surface area contributed by atoms with Crippen molar-refractivity contribution in [2.24, 2.45) is 0 Å². The first kappa shape index (κ1) is 29.8. The van der Waals surface area contributed by atoms with Gasteiger partial charge in [-0.1, -0.05) is 24.3 Å². The van der Waals surface area contributed by atoms with Crippen LogP contribution in [-0.2, 0) is 36.5 Å². The molecule has 2 aromatic carbocycles. The number of allylic oxidation sites excluding steroid dienone is 1. The number of carbonyl (C=O) groups excluding carboxylic acids is 3. The van der Waals surface area contributed by atoms with Crippen molar-refractivity contribution in [2.45, 2.75) is 57.5 Å². The van der Waals surface area contributed by atoms with E-state index in [2.05, 4.69) is 0 Å². The fourth-order valence-corrected chi connectivity index (χ4v) is 5.87. The Morgan fingerprint density at radius 1 is 1.05 bits per heavy atom. The molecule has 5 rings (SSSR count). The van der Waals surface area contributed by atoms with E-state index < -0.39 is 29.4 Å². The second-order valence-corrected chi connectivity index (χ2v) is 10.7. The molecule has 0 saturated carbocycles. The Labute approximate surface area is 242 Å². The summed E-state index contributed by atoms with van der Waals surface area (Å²) in [5.74, 6) is -2.39. The number of carbonyl (C=O) groups is 3. The average molecular weight is 587 g/mol. The highest BCUT2D eigenvalue weighted by Crippen LogP contribution is 2.39. The van der Waals surface area contributed by atoms with Crippen LogP contribution in [0.2, 0.25) is 0 Å². The molecule has 3 aliphatic heterocycles. The molecular weight excluding hydrogens is 553 g/mol. The van der Waals surface area contributed by atoms with Crippen LogP contribution in [0.4, 0.5) is 13.2 Å². The number of nitrogens with zero attached hydrogens (tertiary/aromatic N) is 2. The molecule has 1 unspecified atom stereocenters. The molecule has 2 aromatic rings. The van der Waals surface area contributed by atoms with Crippen LogP contribution >= 0.6 is 0 Å². The third-order valence-electron chi connectivity index (χ3n) is 8.10. The molecule has 0 radical (unpaired) electrons. The number of rotatable bonds is 6. The quantitative estimate of drug-likeness (QED) is 0.441. The van der Waals surface area contributed by atoms with Crippen molar-refractivity contribution in [1.82, 2.24) is 9.80 Å². The van der Waals surface area contributed by atoms with Gasteiger partial charge in [-0.05, 0) is 49.2 Å². The molecule has 2 saturated heterocycles. The molecule has 224 valence electrons. The summed E-state index contributed by atoms with van der Waals surface area (Å²) in [5.41, 5.74) is 1.37. The van der Waals surface area contributed by atoms with Crippen LogP contribution in [0.25, 0.3) is 0 Å². The number of hydrogen-bond donors (Lipinski definition) is 0. The molecule has 2 fully saturated rings. The third kappa shape index (κ3) is 6.07. The molecule has 1 spiro atoms. The van der Waals surface area contributed by atoms with Gasteiger partial charge in [0.1, 0.15) is 0 Å². The highest BCUT2D eigenvalue weighted by Gasteiger charge is 2.41. The van der Waals surface area contributed by atoms with Crippen molar-refractivity contribution < 1.29 is 41.8 Å². The van der Waals surface area contributed by atoms with E-state index in [1.54, 1.807) is 43.0 Å². The van der Waals surface area contributed by atoms with Crippen LogP contribution in [0.15, 0.2) is 59.8 Å². The minimum atomic E-state index is -4.50. The predicted molar refractivity (Wildman–Crippen MR) is 145 cm³/mol. The summed E-state index contributed by atoms with van der Waals surface area (Å²) in [5, 5.41) is 0. The van der Waals surface area contributed by atoms with Gasteiger partial charge in [-0.25, -0.2) is 4.79 Å². The number of esters is 1. The maximum absolute atomic E-state index is 13.4. The van der Waals surface area contributed by atoms with Crippen LogP contribution in [-0.4, -0.2) is 66.3 Å². The number of ether oxygens (including phenoxy) is 3. The summed E-state index contributed by atoms with van der Waals surface area (Å²) in [6.07, 6.45) is -3.42. The first-order chi connectivity index (χ1) is 20.0. The number of halogens is 3. The lowest BCUT2D eigenvalue weighted by Gasteiger charge is -2.37. The fourth-order valence-electron chi connectivity index (χ4n) is 5.87. The van der Waals surface area contributed by atoms with E-state index in [0.29, 0.717) is 61.5 Å². The molecule has 2 amide bonds. The molecule has 1 atom stereocenters. The van der Waals surface area contributed by atoms with Gasteiger partial charge in [0.2, 0.25) is 5.91 Å². The number of likely N-dealkylation sites (tertiary alicyclic amines) is 1. The van der Waals surface area contributed by atoms with E-state index in [1.807, 2.05) is 0 Å². The summed E-state index contributed by atoms with van der Waals surface area (Å²) in [4.78, 5) is 43.0. The molecule has 0 aromatic heterocycles. The fraction of sp³-hybridized carbons (Fsp3) is 0.452. The maximum atomic E-state index is 13.4. The normalized spacial score (nSPS) is 20.8. The van der Waals surface area contributed by atoms with Crippen molar-refractivity contribution in [2.75, 3.05) is 32.9 Å². The number of amides is 2. The van der Waals surface area contributed by atoms with Gasteiger partial charge in [0.25, 0.3) is 5.91 Å². The molecule has 11 heteroatoms. The van der Waals surface area contributed by atoms with Gasteiger partial charge in [0, 0.05) is 49.5 Å². The van der Waals surface area contributed by atoms with Crippen LogP contribution in [0.1, 0.15) is 66.1 Å². The van der Waals surface area contributed by atoms with Gasteiger partial charge < -0.3 is 24.0 Å². The van der Waals surface area contributed by atoms with E-state index in [9.17, 15) is 27.6 Å². The lowest BCUT2D eigenvalue weighted by Crippen LogP contribution is -2.47. The summed E-state index contributed by atoms with van der Waals surface area (Å²) in [6, 6.07) is 11.5. The third-order valence-corrected chi connectivity index (χ3v) is 8.10. The largest absolute Gasteiger partial charge is 0.463 e.